The Kier molecular flexibility index (Phi) is 4.11. The molecule has 0 atom stereocenters. The maximum absolute atomic E-state index is 5.13. The van der Waals surface area contributed by atoms with Crippen LogP contribution in [0.2, 0.25) is 0 Å². The van der Waals surface area contributed by atoms with Gasteiger partial charge >= 0.3 is 0 Å². The van der Waals surface area contributed by atoms with Crippen molar-refractivity contribution in [2.24, 2.45) is 0 Å². The molecule has 0 aliphatic rings. The molecule has 0 spiro atoms. The van der Waals surface area contributed by atoms with E-state index in [4.69, 9.17) is 4.74 Å². The van der Waals surface area contributed by atoms with E-state index in [1.54, 1.807) is 7.11 Å². The van der Waals surface area contributed by atoms with Crippen LogP contribution in [0.3, 0.4) is 0 Å². The van der Waals surface area contributed by atoms with Gasteiger partial charge in [0.1, 0.15) is 18.8 Å². The van der Waals surface area contributed by atoms with Crippen LogP contribution >= 0.6 is 0 Å². The third-order valence-corrected chi connectivity index (χ3v) is 2.69. The number of ether oxygens (including phenoxy) is 1. The second-order valence-corrected chi connectivity index (χ2v) is 3.96. The molecule has 1 aromatic heterocycles. The molecular formula is C14H18N2O+2. The van der Waals surface area contributed by atoms with Gasteiger partial charge in [0.25, 0.3) is 0 Å². The summed E-state index contributed by atoms with van der Waals surface area (Å²) < 4.78 is 5.13. The number of rotatable bonds is 5. The van der Waals surface area contributed by atoms with Crippen molar-refractivity contribution in [2.75, 3.05) is 7.11 Å². The summed E-state index contributed by atoms with van der Waals surface area (Å²) in [7, 11) is 1.69. The van der Waals surface area contributed by atoms with Crippen molar-refractivity contribution < 1.29 is 15.0 Å². The molecule has 0 aliphatic heterocycles. The number of methoxy groups -OCH3 is 1. The zero-order valence-corrected chi connectivity index (χ0v) is 10.0. The van der Waals surface area contributed by atoms with Crippen molar-refractivity contribution >= 4 is 0 Å². The third-order valence-electron chi connectivity index (χ3n) is 2.69. The van der Waals surface area contributed by atoms with Gasteiger partial charge in [-0.3, -0.25) is 0 Å². The standard InChI is InChI=1S/C14H16N2O/c1-17-14-6-4-12(5-7-14)9-16-11-13-3-2-8-15-10-13/h2-8,10,16H,9,11H2,1H3/p+2. The van der Waals surface area contributed by atoms with Crippen LogP contribution in [0.15, 0.2) is 48.8 Å². The molecule has 3 heteroatoms. The number of nitrogens with two attached hydrogens (primary N) is 1. The predicted octanol–water partition coefficient (Wildman–Crippen LogP) is 0.773. The summed E-state index contributed by atoms with van der Waals surface area (Å²) in [6.07, 6.45) is 3.96. The number of quaternary nitrogens is 1. The van der Waals surface area contributed by atoms with Gasteiger partial charge in [-0.25, -0.2) is 4.98 Å². The topological polar surface area (TPSA) is 40.0 Å². The first kappa shape index (κ1) is 11.6. The van der Waals surface area contributed by atoms with Gasteiger partial charge in [-0.15, -0.1) is 0 Å². The molecule has 3 nitrogen and oxygen atoms in total. The van der Waals surface area contributed by atoms with Crippen molar-refractivity contribution in [3.05, 3.63) is 59.9 Å². The minimum Gasteiger partial charge on any atom is -0.497 e. The smallest absolute Gasteiger partial charge is 0.175 e. The summed E-state index contributed by atoms with van der Waals surface area (Å²) >= 11 is 0. The molecule has 0 radical (unpaired) electrons. The number of aromatic nitrogens is 1. The average Bonchev–Trinajstić information content (AvgIpc) is 2.41. The van der Waals surface area contributed by atoms with E-state index in [9.17, 15) is 0 Å². The van der Waals surface area contributed by atoms with Crippen LogP contribution in [-0.4, -0.2) is 7.11 Å². The van der Waals surface area contributed by atoms with Gasteiger partial charge in [-0.05, 0) is 30.3 Å². The Hall–Kier alpha value is -1.87. The lowest BCUT2D eigenvalue weighted by molar-refractivity contribution is -0.686. The molecule has 0 fully saturated rings. The highest BCUT2D eigenvalue weighted by atomic mass is 16.5. The van der Waals surface area contributed by atoms with Crippen LogP contribution in [0.1, 0.15) is 11.1 Å². The first-order valence-electron chi connectivity index (χ1n) is 5.78. The van der Waals surface area contributed by atoms with Crippen molar-refractivity contribution in [3.63, 3.8) is 0 Å². The number of aromatic amines is 1. The fourth-order valence-electron chi connectivity index (χ4n) is 1.72. The second kappa shape index (κ2) is 6.01. The van der Waals surface area contributed by atoms with Crippen molar-refractivity contribution in [1.29, 1.82) is 0 Å². The molecule has 88 valence electrons. The summed E-state index contributed by atoms with van der Waals surface area (Å²) in [6, 6.07) is 12.4. The monoisotopic (exact) mass is 230 g/mol. The Morgan fingerprint density at radius 3 is 2.47 bits per heavy atom. The molecule has 0 saturated carbocycles. The fourth-order valence-corrected chi connectivity index (χ4v) is 1.72. The van der Waals surface area contributed by atoms with Crippen LogP contribution in [0, 0.1) is 0 Å². The quantitative estimate of drug-likeness (QED) is 0.810. The minimum absolute atomic E-state index is 0.909. The minimum atomic E-state index is 0.909. The highest BCUT2D eigenvalue weighted by Crippen LogP contribution is 2.10. The lowest BCUT2D eigenvalue weighted by Crippen LogP contribution is -2.80. The van der Waals surface area contributed by atoms with Crippen LogP contribution in [0.5, 0.6) is 5.75 Å². The first-order valence-corrected chi connectivity index (χ1v) is 5.78. The molecule has 3 N–H and O–H groups in total. The molecule has 0 saturated heterocycles. The summed E-state index contributed by atoms with van der Waals surface area (Å²) in [5.74, 6) is 0.909. The van der Waals surface area contributed by atoms with Gasteiger partial charge in [0, 0.05) is 11.6 Å². The summed E-state index contributed by atoms with van der Waals surface area (Å²) in [4.78, 5) is 3.09. The maximum atomic E-state index is 5.13. The van der Waals surface area contributed by atoms with E-state index < -0.39 is 0 Å². The van der Waals surface area contributed by atoms with E-state index in [1.165, 1.54) is 11.1 Å². The van der Waals surface area contributed by atoms with Crippen LogP contribution in [-0.2, 0) is 13.1 Å². The molecule has 1 aromatic carbocycles. The van der Waals surface area contributed by atoms with Crippen LogP contribution < -0.4 is 15.0 Å². The van der Waals surface area contributed by atoms with E-state index in [0.29, 0.717) is 0 Å². The lowest BCUT2D eigenvalue weighted by Gasteiger charge is -2.02. The van der Waals surface area contributed by atoms with Gasteiger partial charge in [-0.2, -0.15) is 0 Å². The van der Waals surface area contributed by atoms with Crippen LogP contribution in [0.25, 0.3) is 0 Å². The SMILES string of the molecule is COc1ccc(C[NH2+]Cc2ccc[nH+]c2)cc1. The van der Waals surface area contributed by atoms with Gasteiger partial charge in [0.05, 0.1) is 12.7 Å². The molecular weight excluding hydrogens is 212 g/mol. The van der Waals surface area contributed by atoms with Crippen molar-refractivity contribution in [1.82, 2.24) is 0 Å². The third kappa shape index (κ3) is 3.57. The molecule has 0 aliphatic carbocycles. The number of hydrogen-bond donors (Lipinski definition) is 1. The average molecular weight is 230 g/mol. The predicted molar refractivity (Wildman–Crippen MR) is 65.3 cm³/mol. The zero-order valence-electron chi connectivity index (χ0n) is 10.0. The number of H-pyrrole nitrogens is 1. The summed E-state index contributed by atoms with van der Waals surface area (Å²) in [5, 5.41) is 2.28. The normalized spacial score (nSPS) is 10.2. The Morgan fingerprint density at radius 2 is 1.82 bits per heavy atom. The Bertz CT molecular complexity index is 440. The van der Waals surface area contributed by atoms with E-state index >= 15 is 0 Å². The highest BCUT2D eigenvalue weighted by molar-refractivity contribution is 5.26. The highest BCUT2D eigenvalue weighted by Gasteiger charge is 1.99. The molecule has 0 unspecified atom stereocenters. The Balaban J connectivity index is 1.82. The lowest BCUT2D eigenvalue weighted by atomic mass is 10.2. The van der Waals surface area contributed by atoms with Crippen LogP contribution in [0.4, 0.5) is 0 Å². The van der Waals surface area contributed by atoms with Crippen molar-refractivity contribution in [3.8, 4) is 5.75 Å². The first-order chi connectivity index (χ1) is 8.38. The Labute approximate surface area is 101 Å². The van der Waals surface area contributed by atoms with E-state index in [2.05, 4.69) is 28.5 Å². The van der Waals surface area contributed by atoms with Gasteiger partial charge in [0.2, 0.25) is 0 Å². The second-order valence-electron chi connectivity index (χ2n) is 3.96. The number of pyridine rings is 1. The number of nitrogens with one attached hydrogen (secondary N) is 1. The number of hydrogen-bond acceptors (Lipinski definition) is 1. The van der Waals surface area contributed by atoms with E-state index in [1.807, 2.05) is 30.6 Å². The molecule has 2 aromatic rings. The number of benzene rings is 1. The van der Waals surface area contributed by atoms with E-state index in [-0.39, 0.29) is 0 Å². The summed E-state index contributed by atoms with van der Waals surface area (Å²) in [6.45, 7) is 1.97. The molecule has 1 heterocycles. The molecule has 0 amide bonds. The largest absolute Gasteiger partial charge is 0.497 e. The maximum Gasteiger partial charge on any atom is 0.175 e. The van der Waals surface area contributed by atoms with Crippen molar-refractivity contribution in [2.45, 2.75) is 13.1 Å². The molecule has 17 heavy (non-hydrogen) atoms. The molecule has 2 rings (SSSR count). The zero-order chi connectivity index (χ0) is 11.9. The fraction of sp³-hybridized carbons (Fsp3) is 0.214. The van der Waals surface area contributed by atoms with Gasteiger partial charge < -0.3 is 10.1 Å². The summed E-state index contributed by atoms with van der Waals surface area (Å²) in [5.41, 5.74) is 2.62. The Morgan fingerprint density at radius 1 is 1.06 bits per heavy atom. The molecule has 0 bridgehead atoms. The van der Waals surface area contributed by atoms with E-state index in [0.717, 1.165) is 18.8 Å². The van der Waals surface area contributed by atoms with Gasteiger partial charge in [-0.1, -0.05) is 0 Å². The van der Waals surface area contributed by atoms with Gasteiger partial charge in [0.15, 0.2) is 12.4 Å².